The van der Waals surface area contributed by atoms with Gasteiger partial charge in [0.15, 0.2) is 0 Å². The summed E-state index contributed by atoms with van der Waals surface area (Å²) in [6, 6.07) is 20.5. The normalized spacial score (nSPS) is 11.4. The lowest BCUT2D eigenvalue weighted by atomic mass is 10.1. The summed E-state index contributed by atoms with van der Waals surface area (Å²) in [4.78, 5) is 17.4. The number of rotatable bonds is 5. The van der Waals surface area contributed by atoms with Crippen LogP contribution in [0.4, 0.5) is 5.69 Å². The van der Waals surface area contributed by atoms with Crippen LogP contribution in [0.1, 0.15) is 11.3 Å². The van der Waals surface area contributed by atoms with E-state index in [-0.39, 0.29) is 5.91 Å². The van der Waals surface area contributed by atoms with Crippen molar-refractivity contribution in [3.8, 4) is 21.9 Å². The highest BCUT2D eigenvalue weighted by Crippen LogP contribution is 2.40. The summed E-state index contributed by atoms with van der Waals surface area (Å²) in [7, 11) is 0. The number of halogens is 3. The van der Waals surface area contributed by atoms with Crippen molar-refractivity contribution in [1.82, 2.24) is 4.98 Å². The Morgan fingerprint density at radius 2 is 1.83 bits per heavy atom. The van der Waals surface area contributed by atoms with E-state index in [1.807, 2.05) is 55.5 Å². The zero-order valence-corrected chi connectivity index (χ0v) is 21.4. The summed E-state index contributed by atoms with van der Waals surface area (Å²) in [5.41, 5.74) is 3.81. The van der Waals surface area contributed by atoms with Gasteiger partial charge in [0, 0.05) is 27.2 Å². The van der Waals surface area contributed by atoms with E-state index >= 15 is 0 Å². The van der Waals surface area contributed by atoms with Crippen LogP contribution in [0.15, 0.2) is 77.2 Å². The summed E-state index contributed by atoms with van der Waals surface area (Å²) in [6.07, 6.45) is 2.98. The highest BCUT2D eigenvalue weighted by molar-refractivity contribution is 7.21. The number of amides is 1. The van der Waals surface area contributed by atoms with Crippen LogP contribution in [-0.4, -0.2) is 10.9 Å². The highest BCUT2D eigenvalue weighted by atomic mass is 35.5. The molecule has 1 N–H and O–H groups in total. The number of hydrogen-bond donors (Lipinski definition) is 1. The minimum absolute atomic E-state index is 0.324. The van der Waals surface area contributed by atoms with E-state index in [2.05, 4.69) is 10.3 Å². The third-order valence-electron chi connectivity index (χ3n) is 5.31. The number of para-hydroxylation sites is 1. The Kier molecular flexibility index (Phi) is 6.67. The first-order valence-corrected chi connectivity index (χ1v) is 12.5. The van der Waals surface area contributed by atoms with Gasteiger partial charge in [0.25, 0.3) is 0 Å². The predicted octanol–water partition coefficient (Wildman–Crippen LogP) is 9.14. The van der Waals surface area contributed by atoms with Crippen LogP contribution in [0, 0.1) is 6.92 Å². The maximum atomic E-state index is 12.8. The van der Waals surface area contributed by atoms with E-state index in [0.717, 1.165) is 21.3 Å². The summed E-state index contributed by atoms with van der Waals surface area (Å²) in [5.74, 6) is 0.819. The molecule has 3 aromatic carbocycles. The Morgan fingerprint density at radius 1 is 1.00 bits per heavy atom. The molecule has 0 radical (unpaired) electrons. The summed E-state index contributed by atoms with van der Waals surface area (Å²) < 4.78 is 6.88. The zero-order valence-electron chi connectivity index (χ0n) is 18.3. The lowest BCUT2D eigenvalue weighted by molar-refractivity contribution is -0.111. The molecule has 35 heavy (non-hydrogen) atoms. The summed E-state index contributed by atoms with van der Waals surface area (Å²) in [6.45, 7) is 1.94. The van der Waals surface area contributed by atoms with Crippen molar-refractivity contribution in [2.45, 2.75) is 6.92 Å². The first-order valence-electron chi connectivity index (χ1n) is 10.6. The number of nitrogens with one attached hydrogen (secondary N) is 1. The molecule has 0 atom stereocenters. The molecule has 0 aliphatic rings. The van der Waals surface area contributed by atoms with E-state index in [1.54, 1.807) is 24.3 Å². The van der Waals surface area contributed by atoms with E-state index in [4.69, 9.17) is 39.2 Å². The molecular formula is C27H17Cl3N2O2S. The molecule has 0 bridgehead atoms. The first kappa shape index (κ1) is 23.6. The van der Waals surface area contributed by atoms with Crippen molar-refractivity contribution in [3.05, 3.63) is 99.2 Å². The maximum absolute atomic E-state index is 12.8. The predicted molar refractivity (Wildman–Crippen MR) is 147 cm³/mol. The van der Waals surface area contributed by atoms with Crippen molar-refractivity contribution < 1.29 is 9.21 Å². The molecule has 0 unspecified atom stereocenters. The van der Waals surface area contributed by atoms with Gasteiger partial charge in [-0.05, 0) is 61.0 Å². The van der Waals surface area contributed by atoms with E-state index < -0.39 is 0 Å². The Labute approximate surface area is 220 Å². The molecule has 8 heteroatoms. The fourth-order valence-corrected chi connectivity index (χ4v) is 5.23. The van der Waals surface area contributed by atoms with Gasteiger partial charge < -0.3 is 9.73 Å². The molecule has 0 spiro atoms. The number of carbonyl (C=O) groups excluding carboxylic acids is 1. The molecule has 0 aliphatic heterocycles. The standard InChI is InChI=1S/C27H17Cl3N2O2S/c1-15-6-7-16(12-20(15)29)23-10-8-18(34-23)9-11-25(33)32-26-19(13-17(28)14-21(26)30)27-31-22-4-2-3-5-24(22)35-27/h2-14H,1H3,(H,32,33). The summed E-state index contributed by atoms with van der Waals surface area (Å²) >= 11 is 20.4. The molecule has 0 fully saturated rings. The topological polar surface area (TPSA) is 55.1 Å². The van der Waals surface area contributed by atoms with E-state index in [1.165, 1.54) is 17.4 Å². The molecule has 0 saturated carbocycles. The Bertz CT molecular complexity index is 1570. The third kappa shape index (κ3) is 5.14. The number of anilines is 1. The average molecular weight is 540 g/mol. The number of nitrogens with zero attached hydrogens (tertiary/aromatic N) is 1. The molecule has 2 aromatic heterocycles. The quantitative estimate of drug-likeness (QED) is 0.227. The van der Waals surface area contributed by atoms with E-state index in [0.29, 0.717) is 42.8 Å². The molecule has 4 nitrogen and oxygen atoms in total. The maximum Gasteiger partial charge on any atom is 0.248 e. The number of aromatic nitrogens is 1. The number of fused-ring (bicyclic) bond motifs is 1. The van der Waals surface area contributed by atoms with Gasteiger partial charge in [0.1, 0.15) is 16.5 Å². The van der Waals surface area contributed by atoms with Gasteiger partial charge in [-0.2, -0.15) is 0 Å². The Morgan fingerprint density at radius 3 is 2.63 bits per heavy atom. The number of furan rings is 1. The van der Waals surface area contributed by atoms with Crippen LogP contribution in [0.2, 0.25) is 15.1 Å². The second-order valence-electron chi connectivity index (χ2n) is 7.79. The fraction of sp³-hybridized carbons (Fsp3) is 0.0370. The molecule has 2 heterocycles. The molecule has 5 aromatic rings. The van der Waals surface area contributed by atoms with Crippen LogP contribution < -0.4 is 5.32 Å². The Hall–Kier alpha value is -3.09. The number of thiazole rings is 1. The van der Waals surface area contributed by atoms with Gasteiger partial charge in [-0.15, -0.1) is 11.3 Å². The van der Waals surface area contributed by atoms with Gasteiger partial charge in [0.2, 0.25) is 5.91 Å². The van der Waals surface area contributed by atoms with Gasteiger partial charge in [0.05, 0.1) is 20.9 Å². The second kappa shape index (κ2) is 9.88. The van der Waals surface area contributed by atoms with Crippen molar-refractivity contribution in [2.24, 2.45) is 0 Å². The fourth-order valence-electron chi connectivity index (χ4n) is 3.52. The summed E-state index contributed by atoms with van der Waals surface area (Å²) in [5, 5.41) is 5.02. The third-order valence-corrected chi connectivity index (χ3v) is 7.30. The molecule has 5 rings (SSSR count). The van der Waals surface area contributed by atoms with Crippen LogP contribution in [-0.2, 0) is 4.79 Å². The number of benzene rings is 3. The minimum Gasteiger partial charge on any atom is -0.457 e. The van der Waals surface area contributed by atoms with Crippen LogP contribution >= 0.6 is 46.1 Å². The monoisotopic (exact) mass is 538 g/mol. The Balaban J connectivity index is 1.38. The van der Waals surface area contributed by atoms with Crippen molar-refractivity contribution in [1.29, 1.82) is 0 Å². The lowest BCUT2D eigenvalue weighted by Gasteiger charge is -2.11. The average Bonchev–Trinajstić information content (AvgIpc) is 3.48. The minimum atomic E-state index is -0.368. The molecule has 0 aliphatic carbocycles. The number of aryl methyl sites for hydroxylation is 1. The first-order chi connectivity index (χ1) is 16.9. The van der Waals surface area contributed by atoms with Crippen molar-refractivity contribution in [2.75, 3.05) is 5.32 Å². The largest absolute Gasteiger partial charge is 0.457 e. The van der Waals surface area contributed by atoms with Crippen LogP contribution in [0.3, 0.4) is 0 Å². The smallest absolute Gasteiger partial charge is 0.248 e. The van der Waals surface area contributed by atoms with Gasteiger partial charge >= 0.3 is 0 Å². The molecular weight excluding hydrogens is 523 g/mol. The lowest BCUT2D eigenvalue weighted by Crippen LogP contribution is -2.09. The second-order valence-corrected chi connectivity index (χ2v) is 10.1. The van der Waals surface area contributed by atoms with Gasteiger partial charge in [-0.1, -0.05) is 59.1 Å². The molecule has 1 amide bonds. The van der Waals surface area contributed by atoms with Gasteiger partial charge in [-0.25, -0.2) is 4.98 Å². The number of carbonyl (C=O) groups is 1. The van der Waals surface area contributed by atoms with Crippen LogP contribution in [0.5, 0.6) is 0 Å². The number of hydrogen-bond acceptors (Lipinski definition) is 4. The van der Waals surface area contributed by atoms with Crippen molar-refractivity contribution in [3.63, 3.8) is 0 Å². The van der Waals surface area contributed by atoms with Crippen LogP contribution in [0.25, 0.3) is 38.2 Å². The molecule has 174 valence electrons. The molecule has 0 saturated heterocycles. The highest BCUT2D eigenvalue weighted by Gasteiger charge is 2.16. The van der Waals surface area contributed by atoms with Gasteiger partial charge in [-0.3, -0.25) is 4.79 Å². The zero-order chi connectivity index (χ0) is 24.5. The SMILES string of the molecule is Cc1ccc(-c2ccc(C=CC(=O)Nc3c(Cl)cc(Cl)cc3-c3nc4ccccc4s3)o2)cc1Cl. The van der Waals surface area contributed by atoms with E-state index in [9.17, 15) is 4.79 Å². The van der Waals surface area contributed by atoms with Crippen molar-refractivity contribution >= 4 is 74.0 Å².